The largest absolute Gasteiger partial charge is 0.461 e. The van der Waals surface area contributed by atoms with E-state index < -0.39 is 33.5 Å². The maximum atomic E-state index is 12.6. The average Bonchev–Trinajstić information content (AvgIpc) is 3.18. The zero-order chi connectivity index (χ0) is 21.9. The summed E-state index contributed by atoms with van der Waals surface area (Å²) >= 11 is 0. The van der Waals surface area contributed by atoms with Crippen molar-refractivity contribution in [2.45, 2.75) is 51.2 Å². The fourth-order valence-electron chi connectivity index (χ4n) is 4.73. The molecule has 1 aliphatic heterocycles. The number of hydrogen-bond donors (Lipinski definition) is 2. The molecule has 0 bridgehead atoms. The first kappa shape index (κ1) is 20.3. The molecule has 2 N–H and O–H groups in total. The number of amides is 1. The predicted molar refractivity (Wildman–Crippen MR) is 114 cm³/mol. The molecule has 31 heavy (non-hydrogen) atoms. The standard InChI is InChI=1S/C22H23NO7S/c1-11-13-6-15-12-4-2-3-5-18(12)29-20(15)8-19(13)30-22(26)14(11)7-21(25)23-16-9-31(27,28)10-17(16)24/h6,8,16-17,24H,2-5,7,9-10H2,1H3,(H,23,25). The quantitative estimate of drug-likeness (QED) is 0.586. The van der Waals surface area contributed by atoms with E-state index in [-0.39, 0.29) is 23.5 Å². The second-order valence-electron chi connectivity index (χ2n) is 8.54. The van der Waals surface area contributed by atoms with Crippen LogP contribution in [-0.4, -0.2) is 43.1 Å². The maximum absolute atomic E-state index is 12.6. The van der Waals surface area contributed by atoms with Gasteiger partial charge >= 0.3 is 5.63 Å². The van der Waals surface area contributed by atoms with Gasteiger partial charge in [-0.2, -0.15) is 0 Å². The molecule has 3 aromatic rings. The van der Waals surface area contributed by atoms with Crippen molar-refractivity contribution in [3.63, 3.8) is 0 Å². The molecule has 2 aromatic heterocycles. The summed E-state index contributed by atoms with van der Waals surface area (Å²) in [4.78, 5) is 25.1. The molecule has 9 heteroatoms. The van der Waals surface area contributed by atoms with Crippen molar-refractivity contribution in [1.29, 1.82) is 0 Å². The van der Waals surface area contributed by atoms with E-state index in [2.05, 4.69) is 5.32 Å². The number of aliphatic hydroxyl groups is 1. The van der Waals surface area contributed by atoms with Crippen LogP contribution in [0.25, 0.3) is 21.9 Å². The summed E-state index contributed by atoms with van der Waals surface area (Å²) in [6, 6.07) is 2.83. The molecule has 1 saturated heterocycles. The number of furan rings is 1. The Bertz CT molecular complexity index is 1380. The van der Waals surface area contributed by atoms with E-state index in [0.717, 1.165) is 42.2 Å². The molecule has 0 radical (unpaired) electrons. The topological polar surface area (TPSA) is 127 Å². The lowest BCUT2D eigenvalue weighted by Crippen LogP contribution is -2.43. The number of rotatable bonds is 3. The van der Waals surface area contributed by atoms with Crippen molar-refractivity contribution >= 4 is 37.7 Å². The second kappa shape index (κ2) is 7.20. The molecule has 0 spiro atoms. The number of benzene rings is 1. The van der Waals surface area contributed by atoms with Gasteiger partial charge in [0.05, 0.1) is 35.6 Å². The highest BCUT2D eigenvalue weighted by Gasteiger charge is 2.37. The Hall–Kier alpha value is -2.65. The van der Waals surface area contributed by atoms with Crippen LogP contribution in [0.3, 0.4) is 0 Å². The van der Waals surface area contributed by atoms with Crippen LogP contribution < -0.4 is 10.9 Å². The Balaban J connectivity index is 1.49. The summed E-state index contributed by atoms with van der Waals surface area (Å²) in [6.07, 6.45) is 2.65. The fourth-order valence-corrected chi connectivity index (χ4v) is 6.48. The number of aliphatic hydroxyl groups excluding tert-OH is 1. The van der Waals surface area contributed by atoms with Crippen LogP contribution in [0.2, 0.25) is 0 Å². The highest BCUT2D eigenvalue weighted by Crippen LogP contribution is 2.35. The smallest absolute Gasteiger partial charge is 0.340 e. The van der Waals surface area contributed by atoms with Crippen LogP contribution in [0.1, 0.15) is 35.3 Å². The lowest BCUT2D eigenvalue weighted by Gasteiger charge is -2.15. The van der Waals surface area contributed by atoms with Gasteiger partial charge in [0.25, 0.3) is 0 Å². The van der Waals surface area contributed by atoms with E-state index in [1.54, 1.807) is 13.0 Å². The second-order valence-corrected chi connectivity index (χ2v) is 10.7. The summed E-state index contributed by atoms with van der Waals surface area (Å²) in [7, 11) is -3.39. The van der Waals surface area contributed by atoms with Gasteiger partial charge in [-0.3, -0.25) is 4.79 Å². The van der Waals surface area contributed by atoms with Gasteiger partial charge in [0, 0.05) is 28.8 Å². The van der Waals surface area contributed by atoms with Crippen molar-refractivity contribution in [2.75, 3.05) is 11.5 Å². The first-order valence-electron chi connectivity index (χ1n) is 10.4. The third-order valence-corrected chi connectivity index (χ3v) is 8.09. The molecule has 164 valence electrons. The van der Waals surface area contributed by atoms with Gasteiger partial charge in [0.15, 0.2) is 9.84 Å². The zero-order valence-corrected chi connectivity index (χ0v) is 17.9. The molecule has 1 aliphatic carbocycles. The van der Waals surface area contributed by atoms with Crippen molar-refractivity contribution in [3.8, 4) is 0 Å². The van der Waals surface area contributed by atoms with Crippen molar-refractivity contribution in [3.05, 3.63) is 45.0 Å². The predicted octanol–water partition coefficient (Wildman–Crippen LogP) is 1.54. The molecule has 5 rings (SSSR count). The third-order valence-electron chi connectivity index (χ3n) is 6.37. The number of nitrogens with one attached hydrogen (secondary N) is 1. The Kier molecular flexibility index (Phi) is 4.71. The summed E-state index contributed by atoms with van der Waals surface area (Å²) < 4.78 is 34.8. The van der Waals surface area contributed by atoms with Crippen LogP contribution in [-0.2, 0) is 33.9 Å². The molecule has 2 atom stereocenters. The van der Waals surface area contributed by atoms with Gasteiger partial charge in [-0.1, -0.05) is 0 Å². The summed E-state index contributed by atoms with van der Waals surface area (Å²) in [5, 5.41) is 14.2. The fraction of sp³-hybridized carbons (Fsp3) is 0.455. The SMILES string of the molecule is Cc1c(CC(=O)NC2CS(=O)(=O)CC2O)c(=O)oc2cc3oc4c(c3cc12)CCCC4. The molecular formula is C22H23NO7S. The summed E-state index contributed by atoms with van der Waals surface area (Å²) in [5.41, 5.74) is 2.55. The highest BCUT2D eigenvalue weighted by molar-refractivity contribution is 7.91. The van der Waals surface area contributed by atoms with Gasteiger partial charge < -0.3 is 19.3 Å². The van der Waals surface area contributed by atoms with E-state index in [1.807, 2.05) is 6.07 Å². The number of fused-ring (bicyclic) bond motifs is 4. The van der Waals surface area contributed by atoms with Crippen LogP contribution in [0, 0.1) is 6.92 Å². The lowest BCUT2D eigenvalue weighted by atomic mass is 9.94. The minimum absolute atomic E-state index is 0.219. The van der Waals surface area contributed by atoms with Crippen LogP contribution in [0.4, 0.5) is 0 Å². The van der Waals surface area contributed by atoms with E-state index in [4.69, 9.17) is 8.83 Å². The summed E-state index contributed by atoms with van der Waals surface area (Å²) in [5.74, 6) is -0.228. The molecule has 2 aliphatic rings. The highest BCUT2D eigenvalue weighted by atomic mass is 32.2. The number of carbonyl (C=O) groups is 1. The number of aryl methyl sites for hydroxylation is 3. The molecule has 0 saturated carbocycles. The monoisotopic (exact) mass is 445 g/mol. The molecule has 8 nitrogen and oxygen atoms in total. The lowest BCUT2D eigenvalue weighted by molar-refractivity contribution is -0.121. The number of carbonyl (C=O) groups excluding carboxylic acids is 1. The molecule has 1 amide bonds. The van der Waals surface area contributed by atoms with Gasteiger partial charge in [-0.15, -0.1) is 0 Å². The van der Waals surface area contributed by atoms with E-state index >= 15 is 0 Å². The molecule has 2 unspecified atom stereocenters. The number of sulfone groups is 1. The van der Waals surface area contributed by atoms with Gasteiger partial charge in [-0.05, 0) is 37.8 Å². The average molecular weight is 445 g/mol. The minimum Gasteiger partial charge on any atom is -0.461 e. The molecule has 3 heterocycles. The van der Waals surface area contributed by atoms with Crippen LogP contribution in [0.15, 0.2) is 25.8 Å². The van der Waals surface area contributed by atoms with E-state index in [9.17, 15) is 23.1 Å². The van der Waals surface area contributed by atoms with Crippen LogP contribution >= 0.6 is 0 Å². The molecular weight excluding hydrogens is 422 g/mol. The summed E-state index contributed by atoms with van der Waals surface area (Å²) in [6.45, 7) is 1.77. The van der Waals surface area contributed by atoms with Gasteiger partial charge in [0.1, 0.15) is 16.9 Å². The van der Waals surface area contributed by atoms with Crippen molar-refractivity contribution < 1.29 is 27.2 Å². The van der Waals surface area contributed by atoms with Crippen molar-refractivity contribution in [2.24, 2.45) is 0 Å². The Morgan fingerprint density at radius 2 is 1.87 bits per heavy atom. The van der Waals surface area contributed by atoms with E-state index in [1.165, 1.54) is 5.56 Å². The zero-order valence-electron chi connectivity index (χ0n) is 17.1. The van der Waals surface area contributed by atoms with Crippen molar-refractivity contribution in [1.82, 2.24) is 5.32 Å². The minimum atomic E-state index is -3.39. The third kappa shape index (κ3) is 3.55. The van der Waals surface area contributed by atoms with E-state index in [0.29, 0.717) is 16.7 Å². The Morgan fingerprint density at radius 3 is 2.61 bits per heavy atom. The van der Waals surface area contributed by atoms with Gasteiger partial charge in [-0.25, -0.2) is 13.2 Å². The number of hydrogen-bond acceptors (Lipinski definition) is 7. The van der Waals surface area contributed by atoms with Crippen LogP contribution in [0.5, 0.6) is 0 Å². The Labute approximate surface area is 178 Å². The Morgan fingerprint density at radius 1 is 1.13 bits per heavy atom. The molecule has 1 fully saturated rings. The first-order chi connectivity index (χ1) is 14.7. The molecule has 1 aromatic carbocycles. The normalized spacial score (nSPS) is 22.6. The van der Waals surface area contributed by atoms with Gasteiger partial charge in [0.2, 0.25) is 5.91 Å². The first-order valence-corrected chi connectivity index (χ1v) is 12.2. The maximum Gasteiger partial charge on any atom is 0.340 e.